The van der Waals surface area contributed by atoms with Gasteiger partial charge >= 0.3 is 0 Å². The second-order valence-corrected chi connectivity index (χ2v) is 9.81. The highest BCUT2D eigenvalue weighted by atomic mass is 32.2. The molecule has 1 aromatic heterocycles. The molecule has 0 aliphatic carbocycles. The summed E-state index contributed by atoms with van der Waals surface area (Å²) in [6.07, 6.45) is 1.40. The smallest absolute Gasteiger partial charge is 0.253 e. The molecule has 8 heteroatoms. The number of hydrogen-bond donors (Lipinski definition) is 1. The van der Waals surface area contributed by atoms with Crippen LogP contribution in [0.3, 0.4) is 0 Å². The SMILES string of the molecule is Cc1cccc(CS(=O)(=O)N2CCOc3ncc(C(=O)NC(C)(C)C)cc32)c1. The fourth-order valence-corrected chi connectivity index (χ4v) is 4.53. The van der Waals surface area contributed by atoms with E-state index in [1.807, 2.05) is 45.9 Å². The second-order valence-electron chi connectivity index (χ2n) is 7.92. The third kappa shape index (κ3) is 4.62. The number of aryl methyl sites for hydroxylation is 1. The summed E-state index contributed by atoms with van der Waals surface area (Å²) >= 11 is 0. The Hall–Kier alpha value is -2.61. The lowest BCUT2D eigenvalue weighted by molar-refractivity contribution is 0.0919. The summed E-state index contributed by atoms with van der Waals surface area (Å²) in [7, 11) is -3.66. The first-order valence-corrected chi connectivity index (χ1v) is 10.7. The fourth-order valence-electron chi connectivity index (χ4n) is 2.99. The first-order chi connectivity index (χ1) is 13.0. The van der Waals surface area contributed by atoms with E-state index < -0.39 is 15.6 Å². The van der Waals surface area contributed by atoms with Crippen molar-refractivity contribution in [3.63, 3.8) is 0 Å². The van der Waals surface area contributed by atoms with Gasteiger partial charge in [-0.1, -0.05) is 29.8 Å². The minimum Gasteiger partial charge on any atom is -0.474 e. The van der Waals surface area contributed by atoms with Gasteiger partial charge in [-0.2, -0.15) is 0 Å². The van der Waals surface area contributed by atoms with Crippen molar-refractivity contribution in [2.75, 3.05) is 17.5 Å². The van der Waals surface area contributed by atoms with Gasteiger partial charge in [-0.15, -0.1) is 0 Å². The van der Waals surface area contributed by atoms with Gasteiger partial charge in [-0.05, 0) is 39.3 Å². The minimum absolute atomic E-state index is 0.132. The zero-order valence-corrected chi connectivity index (χ0v) is 17.3. The first-order valence-electron chi connectivity index (χ1n) is 9.06. The average Bonchev–Trinajstić information content (AvgIpc) is 2.59. The highest BCUT2D eigenvalue weighted by Gasteiger charge is 2.31. The molecule has 0 radical (unpaired) electrons. The lowest BCUT2D eigenvalue weighted by Gasteiger charge is -2.30. The minimum atomic E-state index is -3.66. The summed E-state index contributed by atoms with van der Waals surface area (Å²) in [5.41, 5.74) is 1.87. The quantitative estimate of drug-likeness (QED) is 0.848. The van der Waals surface area contributed by atoms with Gasteiger partial charge < -0.3 is 10.1 Å². The van der Waals surface area contributed by atoms with E-state index >= 15 is 0 Å². The topological polar surface area (TPSA) is 88.6 Å². The van der Waals surface area contributed by atoms with Crippen LogP contribution in [0.2, 0.25) is 0 Å². The van der Waals surface area contributed by atoms with E-state index in [-0.39, 0.29) is 36.3 Å². The Kier molecular flexibility index (Phi) is 5.34. The van der Waals surface area contributed by atoms with Gasteiger partial charge in [0.15, 0.2) is 0 Å². The maximum Gasteiger partial charge on any atom is 0.253 e. The number of nitrogens with zero attached hydrogens (tertiary/aromatic N) is 2. The van der Waals surface area contributed by atoms with Crippen LogP contribution in [0.25, 0.3) is 0 Å². The Morgan fingerprint density at radius 3 is 2.71 bits per heavy atom. The molecule has 1 aliphatic rings. The van der Waals surface area contributed by atoms with Gasteiger partial charge in [0, 0.05) is 11.7 Å². The molecule has 1 amide bonds. The number of amides is 1. The van der Waals surface area contributed by atoms with Crippen molar-refractivity contribution in [3.05, 3.63) is 53.2 Å². The number of rotatable bonds is 4. The monoisotopic (exact) mass is 403 g/mol. The number of fused-ring (bicyclic) bond motifs is 1. The van der Waals surface area contributed by atoms with Crippen molar-refractivity contribution in [2.45, 2.75) is 39.0 Å². The summed E-state index contributed by atoms with van der Waals surface area (Å²) in [6, 6.07) is 8.92. The molecule has 0 bridgehead atoms. The number of pyridine rings is 1. The predicted molar refractivity (Wildman–Crippen MR) is 108 cm³/mol. The van der Waals surface area contributed by atoms with Gasteiger partial charge in [0.25, 0.3) is 5.91 Å². The summed E-state index contributed by atoms with van der Waals surface area (Å²) in [6.45, 7) is 7.92. The molecule has 0 unspecified atom stereocenters. The molecular weight excluding hydrogens is 378 g/mol. The Morgan fingerprint density at radius 1 is 1.29 bits per heavy atom. The molecule has 2 heterocycles. The third-order valence-corrected chi connectivity index (χ3v) is 5.90. The lowest BCUT2D eigenvalue weighted by atomic mass is 10.1. The number of nitrogens with one attached hydrogen (secondary N) is 1. The van der Waals surface area contributed by atoms with Gasteiger partial charge in [-0.25, -0.2) is 13.4 Å². The number of benzene rings is 1. The zero-order chi connectivity index (χ0) is 20.5. The van der Waals surface area contributed by atoms with Gasteiger partial charge in [0.05, 0.1) is 17.9 Å². The summed E-state index contributed by atoms with van der Waals surface area (Å²) in [4.78, 5) is 16.6. The first kappa shape index (κ1) is 20.1. The van der Waals surface area contributed by atoms with Crippen LogP contribution in [0.1, 0.15) is 42.3 Å². The van der Waals surface area contributed by atoms with E-state index in [9.17, 15) is 13.2 Å². The Labute approximate surface area is 165 Å². The molecule has 0 spiro atoms. The number of sulfonamides is 1. The van der Waals surface area contributed by atoms with Crippen LogP contribution in [0.15, 0.2) is 36.5 Å². The van der Waals surface area contributed by atoms with Crippen LogP contribution in [0.5, 0.6) is 5.88 Å². The second kappa shape index (κ2) is 7.43. The molecule has 0 saturated heterocycles. The van der Waals surface area contributed by atoms with Gasteiger partial charge in [0.2, 0.25) is 15.9 Å². The van der Waals surface area contributed by atoms with E-state index in [1.54, 1.807) is 6.07 Å². The molecule has 7 nitrogen and oxygen atoms in total. The number of aromatic nitrogens is 1. The number of hydrogen-bond acceptors (Lipinski definition) is 5. The molecule has 1 aromatic carbocycles. The summed E-state index contributed by atoms with van der Waals surface area (Å²) in [5.74, 6) is -0.234. The van der Waals surface area contributed by atoms with Crippen molar-refractivity contribution in [1.29, 1.82) is 0 Å². The highest BCUT2D eigenvalue weighted by molar-refractivity contribution is 7.92. The van der Waals surface area contributed by atoms with Crippen LogP contribution in [0.4, 0.5) is 5.69 Å². The lowest BCUT2D eigenvalue weighted by Crippen LogP contribution is -2.41. The fraction of sp³-hybridized carbons (Fsp3) is 0.400. The van der Waals surface area contributed by atoms with Gasteiger partial charge in [0.1, 0.15) is 12.3 Å². The van der Waals surface area contributed by atoms with E-state index in [0.29, 0.717) is 11.3 Å². The van der Waals surface area contributed by atoms with Crippen LogP contribution in [-0.4, -0.2) is 38.0 Å². The molecule has 0 atom stereocenters. The molecule has 0 saturated carbocycles. The summed E-state index contributed by atoms with van der Waals surface area (Å²) < 4.78 is 33.0. The zero-order valence-electron chi connectivity index (χ0n) is 16.5. The van der Waals surface area contributed by atoms with Crippen molar-refractivity contribution in [2.24, 2.45) is 0 Å². The average molecular weight is 404 g/mol. The molecule has 1 N–H and O–H groups in total. The Bertz CT molecular complexity index is 997. The Balaban J connectivity index is 1.93. The van der Waals surface area contributed by atoms with Crippen LogP contribution >= 0.6 is 0 Å². The Morgan fingerprint density at radius 2 is 2.04 bits per heavy atom. The van der Waals surface area contributed by atoms with E-state index in [1.165, 1.54) is 16.6 Å². The largest absolute Gasteiger partial charge is 0.474 e. The van der Waals surface area contributed by atoms with E-state index in [0.717, 1.165) is 5.56 Å². The molecule has 2 aromatic rings. The third-order valence-electron chi connectivity index (χ3n) is 4.15. The number of carbonyl (C=O) groups is 1. The van der Waals surface area contributed by atoms with Crippen LogP contribution in [0, 0.1) is 6.92 Å². The van der Waals surface area contributed by atoms with Crippen LogP contribution in [-0.2, 0) is 15.8 Å². The van der Waals surface area contributed by atoms with Crippen molar-refractivity contribution in [3.8, 4) is 5.88 Å². The van der Waals surface area contributed by atoms with Crippen molar-refractivity contribution in [1.82, 2.24) is 10.3 Å². The highest BCUT2D eigenvalue weighted by Crippen LogP contribution is 2.33. The number of anilines is 1. The molecule has 28 heavy (non-hydrogen) atoms. The number of ether oxygens (including phenoxy) is 1. The molecule has 1 aliphatic heterocycles. The number of carbonyl (C=O) groups excluding carboxylic acids is 1. The predicted octanol–water partition coefficient (Wildman–Crippen LogP) is 2.65. The summed E-state index contributed by atoms with van der Waals surface area (Å²) in [5, 5.41) is 2.85. The molecule has 3 rings (SSSR count). The standard InChI is InChI=1S/C20H25N3O4S/c1-14-6-5-7-15(10-14)13-28(25,26)23-8-9-27-19-17(23)11-16(12-21-19)18(24)22-20(2,3)4/h5-7,10-12H,8-9,13H2,1-4H3,(H,22,24). The van der Waals surface area contributed by atoms with Crippen molar-refractivity contribution >= 4 is 21.6 Å². The van der Waals surface area contributed by atoms with Crippen LogP contribution < -0.4 is 14.4 Å². The molecule has 150 valence electrons. The van der Waals surface area contributed by atoms with E-state index in [4.69, 9.17) is 4.74 Å². The molecular formula is C20H25N3O4S. The van der Waals surface area contributed by atoms with Gasteiger partial charge in [-0.3, -0.25) is 9.10 Å². The van der Waals surface area contributed by atoms with E-state index in [2.05, 4.69) is 10.3 Å². The van der Waals surface area contributed by atoms with Crippen molar-refractivity contribution < 1.29 is 17.9 Å². The maximum absolute atomic E-state index is 13.1. The normalized spacial score (nSPS) is 14.2. The molecule has 0 fully saturated rings. The maximum atomic E-state index is 13.1.